The zero-order valence-corrected chi connectivity index (χ0v) is 20.4. The average Bonchev–Trinajstić information content (AvgIpc) is 2.90. The molecule has 4 nitrogen and oxygen atoms in total. The van der Waals surface area contributed by atoms with Gasteiger partial charge in [0.25, 0.3) is 0 Å². The Morgan fingerprint density at radius 1 is 0.706 bits per heavy atom. The van der Waals surface area contributed by atoms with E-state index in [1.165, 1.54) is 87.5 Å². The van der Waals surface area contributed by atoms with Crippen molar-refractivity contribution in [3.8, 4) is 0 Å². The molecule has 0 atom stereocenters. The van der Waals surface area contributed by atoms with Crippen molar-refractivity contribution < 1.29 is 9.59 Å². The van der Waals surface area contributed by atoms with Crippen LogP contribution in [0.1, 0.15) is 98.3 Å². The van der Waals surface area contributed by atoms with Crippen LogP contribution < -0.4 is 0 Å². The lowest BCUT2D eigenvalue weighted by Gasteiger charge is -2.23. The average molecular weight is 459 g/mol. The smallest absolute Gasteiger partial charge is 0.159 e. The molecule has 0 spiro atoms. The van der Waals surface area contributed by atoms with E-state index in [4.69, 9.17) is 0 Å². The molecular formula is C30H38N2O2. The van der Waals surface area contributed by atoms with Crippen molar-refractivity contribution in [3.63, 3.8) is 0 Å². The fourth-order valence-electron chi connectivity index (χ4n) is 5.31. The van der Waals surface area contributed by atoms with Crippen molar-refractivity contribution in [2.75, 3.05) is 0 Å². The fraction of sp³-hybridized carbons (Fsp3) is 0.467. The van der Waals surface area contributed by atoms with Gasteiger partial charge in [0.1, 0.15) is 0 Å². The second-order valence-corrected chi connectivity index (χ2v) is 9.51. The van der Waals surface area contributed by atoms with E-state index < -0.39 is 0 Å². The van der Waals surface area contributed by atoms with Crippen LogP contribution >= 0.6 is 0 Å². The van der Waals surface area contributed by atoms with Gasteiger partial charge in [-0.05, 0) is 84.1 Å². The van der Waals surface area contributed by atoms with Crippen LogP contribution in [-0.2, 0) is 22.4 Å². The van der Waals surface area contributed by atoms with Crippen LogP contribution in [0.4, 0.5) is 0 Å². The number of ketones is 2. The molecule has 2 aliphatic rings. The summed E-state index contributed by atoms with van der Waals surface area (Å²) in [6, 6.07) is 4.17. The molecule has 2 fully saturated rings. The molecule has 2 aromatic heterocycles. The van der Waals surface area contributed by atoms with Crippen LogP contribution in [0, 0.1) is 0 Å². The molecule has 4 rings (SSSR count). The minimum Gasteiger partial charge on any atom is -0.295 e. The molecule has 0 bridgehead atoms. The lowest BCUT2D eigenvalue weighted by molar-refractivity contribution is -0.114. The summed E-state index contributed by atoms with van der Waals surface area (Å²) in [5.74, 6) is 1.41. The molecule has 2 saturated carbocycles. The molecule has 0 N–H and O–H groups in total. The van der Waals surface area contributed by atoms with E-state index >= 15 is 0 Å². The Labute approximate surface area is 204 Å². The topological polar surface area (TPSA) is 59.9 Å². The van der Waals surface area contributed by atoms with Crippen molar-refractivity contribution in [3.05, 3.63) is 84.5 Å². The Balaban J connectivity index is 0.000000191. The van der Waals surface area contributed by atoms with E-state index in [-0.39, 0.29) is 11.6 Å². The van der Waals surface area contributed by atoms with Gasteiger partial charge < -0.3 is 0 Å². The maximum Gasteiger partial charge on any atom is 0.159 e. The van der Waals surface area contributed by atoms with E-state index in [0.717, 1.165) is 11.1 Å². The molecule has 2 aliphatic carbocycles. The number of rotatable bonds is 8. The van der Waals surface area contributed by atoms with Crippen LogP contribution in [-0.4, -0.2) is 21.5 Å². The number of carbonyl (C=O) groups is 2. The summed E-state index contributed by atoms with van der Waals surface area (Å²) in [6.07, 6.45) is 24.0. The number of aromatic nitrogens is 2. The number of nitrogens with zero attached hydrogens (tertiary/aromatic N) is 2. The Kier molecular flexibility index (Phi) is 10.4. The van der Waals surface area contributed by atoms with Gasteiger partial charge in [0, 0.05) is 37.6 Å². The number of hydrogen-bond acceptors (Lipinski definition) is 4. The van der Waals surface area contributed by atoms with Crippen LogP contribution in [0.3, 0.4) is 0 Å². The molecule has 0 aliphatic heterocycles. The van der Waals surface area contributed by atoms with Gasteiger partial charge in [-0.15, -0.1) is 0 Å². The van der Waals surface area contributed by atoms with Crippen molar-refractivity contribution in [2.45, 2.75) is 88.9 Å². The largest absolute Gasteiger partial charge is 0.295 e. The monoisotopic (exact) mass is 458 g/mol. The molecule has 2 aromatic rings. The third-order valence-electron chi connectivity index (χ3n) is 7.16. The van der Waals surface area contributed by atoms with Gasteiger partial charge in [-0.2, -0.15) is 0 Å². The number of hydrogen-bond donors (Lipinski definition) is 0. The molecule has 0 saturated heterocycles. The summed E-state index contributed by atoms with van der Waals surface area (Å²) in [4.78, 5) is 31.2. The minimum absolute atomic E-state index is 0.0788. The molecule has 2 heterocycles. The number of carbonyl (C=O) groups excluding carboxylic acids is 2. The Bertz CT molecular complexity index is 890. The first-order valence-electron chi connectivity index (χ1n) is 12.8. The highest BCUT2D eigenvalue weighted by Gasteiger charge is 2.20. The van der Waals surface area contributed by atoms with Crippen LogP contribution in [0.25, 0.3) is 0 Å². The Morgan fingerprint density at radius 2 is 1.09 bits per heavy atom. The predicted octanol–water partition coefficient (Wildman–Crippen LogP) is 6.85. The van der Waals surface area contributed by atoms with Crippen LogP contribution in [0.5, 0.6) is 0 Å². The van der Waals surface area contributed by atoms with E-state index in [0.29, 0.717) is 24.7 Å². The van der Waals surface area contributed by atoms with E-state index in [9.17, 15) is 9.59 Å². The quantitative estimate of drug-likeness (QED) is 0.406. The Hall–Kier alpha value is -2.88. The van der Waals surface area contributed by atoms with Crippen LogP contribution in [0.2, 0.25) is 0 Å². The predicted molar refractivity (Wildman–Crippen MR) is 138 cm³/mol. The molecule has 180 valence electrons. The fourth-order valence-corrected chi connectivity index (χ4v) is 5.31. The number of allylic oxidation sites excluding steroid dienone is 2. The molecule has 0 radical (unpaired) electrons. The zero-order chi connectivity index (χ0) is 24.2. The first-order valence-corrected chi connectivity index (χ1v) is 12.8. The van der Waals surface area contributed by atoms with Gasteiger partial charge in [0.05, 0.1) is 0 Å². The van der Waals surface area contributed by atoms with Crippen molar-refractivity contribution in [1.82, 2.24) is 9.97 Å². The Morgan fingerprint density at radius 3 is 1.44 bits per heavy atom. The molecule has 0 unspecified atom stereocenters. The second-order valence-electron chi connectivity index (χ2n) is 9.51. The second kappa shape index (κ2) is 13.7. The highest BCUT2D eigenvalue weighted by Crippen LogP contribution is 2.35. The summed E-state index contributed by atoms with van der Waals surface area (Å²) in [5, 5.41) is 0. The van der Waals surface area contributed by atoms with E-state index in [1.54, 1.807) is 0 Å². The standard InChI is InChI=1S/2C15H19NO/c2*1-2-14(17)10-13-11-16-9-8-15(13)12-6-4-3-5-7-12/h2*2,8-9,11-12H,1,3-7,10H2. The van der Waals surface area contributed by atoms with E-state index in [2.05, 4.69) is 35.3 Å². The van der Waals surface area contributed by atoms with Gasteiger partial charge in [0.15, 0.2) is 11.6 Å². The lowest BCUT2D eigenvalue weighted by Crippen LogP contribution is -2.10. The van der Waals surface area contributed by atoms with Crippen LogP contribution in [0.15, 0.2) is 62.2 Å². The maximum atomic E-state index is 11.5. The summed E-state index contributed by atoms with van der Waals surface area (Å²) in [6.45, 7) is 7.06. The summed E-state index contributed by atoms with van der Waals surface area (Å²) >= 11 is 0. The molecule has 4 heteroatoms. The first-order chi connectivity index (χ1) is 16.6. The molecule has 34 heavy (non-hydrogen) atoms. The normalized spacial score (nSPS) is 16.7. The summed E-state index contributed by atoms with van der Waals surface area (Å²) in [5.41, 5.74) is 4.83. The molecule has 0 amide bonds. The van der Waals surface area contributed by atoms with Gasteiger partial charge in [-0.1, -0.05) is 51.7 Å². The van der Waals surface area contributed by atoms with Gasteiger partial charge in [-0.25, -0.2) is 0 Å². The SMILES string of the molecule is C=CC(=O)Cc1cnccc1C1CCCCC1.C=CC(=O)Cc1cnccc1C1CCCCC1. The number of pyridine rings is 2. The summed E-state index contributed by atoms with van der Waals surface area (Å²) < 4.78 is 0. The van der Waals surface area contributed by atoms with Gasteiger partial charge >= 0.3 is 0 Å². The highest BCUT2D eigenvalue weighted by molar-refractivity contribution is 5.91. The van der Waals surface area contributed by atoms with Crippen molar-refractivity contribution in [2.24, 2.45) is 0 Å². The van der Waals surface area contributed by atoms with Crippen molar-refractivity contribution in [1.29, 1.82) is 0 Å². The third-order valence-corrected chi connectivity index (χ3v) is 7.16. The lowest BCUT2D eigenvalue weighted by atomic mass is 9.82. The molecular weight excluding hydrogens is 420 g/mol. The van der Waals surface area contributed by atoms with Gasteiger partial charge in [0.2, 0.25) is 0 Å². The summed E-state index contributed by atoms with van der Waals surface area (Å²) in [7, 11) is 0. The minimum atomic E-state index is 0.0788. The highest BCUT2D eigenvalue weighted by atomic mass is 16.1. The van der Waals surface area contributed by atoms with Gasteiger partial charge in [-0.3, -0.25) is 19.6 Å². The first kappa shape index (κ1) is 25.7. The zero-order valence-electron chi connectivity index (χ0n) is 20.4. The van der Waals surface area contributed by atoms with E-state index in [1.807, 2.05) is 24.8 Å². The third kappa shape index (κ3) is 7.58. The van der Waals surface area contributed by atoms with Crippen molar-refractivity contribution >= 4 is 11.6 Å². The molecule has 0 aromatic carbocycles. The maximum absolute atomic E-state index is 11.5.